The van der Waals surface area contributed by atoms with E-state index in [1.54, 1.807) is 38.4 Å². The lowest BCUT2D eigenvalue weighted by Gasteiger charge is -2.34. The Labute approximate surface area is 208 Å². The van der Waals surface area contributed by atoms with Gasteiger partial charge in [0.15, 0.2) is 0 Å². The van der Waals surface area contributed by atoms with Crippen LogP contribution in [0.25, 0.3) is 0 Å². The standard InChI is InChI=1S/C23H30F3N5O4S/c1-14(2)31-36(33,34)20-6-4-19(5-7-20)30-21-27-11-18(12-28-21)17-8-16(9-17)13-35-22(32)29-15(3)10-23(24,25)26/h4-7,11-12,14-17,31H,8-10,13H2,1-3H3,(H,29,32)(H,27,28,30)/t15-,16?,17?/m0/s1. The van der Waals surface area contributed by atoms with Crippen LogP contribution in [0.1, 0.15) is 51.5 Å². The number of alkyl carbamates (subject to hydrolysis) is 1. The highest BCUT2D eigenvalue weighted by atomic mass is 32.2. The Kier molecular flexibility index (Phi) is 8.77. The Bertz CT molecular complexity index is 1120. The van der Waals surface area contributed by atoms with Gasteiger partial charge in [-0.1, -0.05) is 0 Å². The summed E-state index contributed by atoms with van der Waals surface area (Å²) >= 11 is 0. The second-order valence-electron chi connectivity index (χ2n) is 9.26. The number of ether oxygens (including phenoxy) is 1. The third-order valence-electron chi connectivity index (χ3n) is 5.54. The number of nitrogens with zero attached hydrogens (tertiary/aromatic N) is 2. The van der Waals surface area contributed by atoms with Crippen LogP contribution in [0.2, 0.25) is 0 Å². The van der Waals surface area contributed by atoms with Gasteiger partial charge in [-0.3, -0.25) is 0 Å². The molecule has 36 heavy (non-hydrogen) atoms. The molecule has 1 saturated carbocycles. The molecule has 1 aliphatic carbocycles. The average Bonchev–Trinajstić information content (AvgIpc) is 2.71. The number of nitrogens with one attached hydrogen (secondary N) is 3. The van der Waals surface area contributed by atoms with E-state index in [9.17, 15) is 26.4 Å². The summed E-state index contributed by atoms with van der Waals surface area (Å²) in [7, 11) is -3.57. The number of halogens is 3. The Morgan fingerprint density at radius 2 is 1.72 bits per heavy atom. The molecular formula is C23H30F3N5O4S. The van der Waals surface area contributed by atoms with Crippen LogP contribution in [0.5, 0.6) is 0 Å². The summed E-state index contributed by atoms with van der Waals surface area (Å²) in [5, 5.41) is 5.21. The van der Waals surface area contributed by atoms with Gasteiger partial charge in [-0.15, -0.1) is 0 Å². The molecule has 1 aromatic heterocycles. The highest BCUT2D eigenvalue weighted by Gasteiger charge is 2.33. The number of carbonyl (C=O) groups excluding carboxylic acids is 1. The van der Waals surface area contributed by atoms with Gasteiger partial charge in [0.1, 0.15) is 0 Å². The van der Waals surface area contributed by atoms with Crippen LogP contribution >= 0.6 is 0 Å². The fourth-order valence-corrected chi connectivity index (χ4v) is 5.07. The molecule has 1 fully saturated rings. The number of rotatable bonds is 10. The van der Waals surface area contributed by atoms with E-state index < -0.39 is 34.8 Å². The predicted molar refractivity (Wildman–Crippen MR) is 127 cm³/mol. The van der Waals surface area contributed by atoms with E-state index in [0.29, 0.717) is 11.6 Å². The summed E-state index contributed by atoms with van der Waals surface area (Å²) in [5.41, 5.74) is 1.57. The first-order valence-corrected chi connectivity index (χ1v) is 13.0. The minimum Gasteiger partial charge on any atom is -0.449 e. The van der Waals surface area contributed by atoms with Crippen molar-refractivity contribution < 1.29 is 31.1 Å². The molecule has 0 bridgehead atoms. The van der Waals surface area contributed by atoms with E-state index in [1.165, 1.54) is 19.1 Å². The lowest BCUT2D eigenvalue weighted by Crippen LogP contribution is -2.38. The fourth-order valence-electron chi connectivity index (χ4n) is 3.82. The second kappa shape index (κ2) is 11.4. The molecule has 1 amide bonds. The Hall–Kier alpha value is -2.93. The van der Waals surface area contributed by atoms with E-state index in [-0.39, 0.29) is 29.4 Å². The molecule has 3 N–H and O–H groups in total. The summed E-state index contributed by atoms with van der Waals surface area (Å²) in [6.45, 7) is 4.91. The monoisotopic (exact) mass is 529 g/mol. The van der Waals surface area contributed by atoms with Gasteiger partial charge in [0, 0.05) is 30.2 Å². The van der Waals surface area contributed by atoms with Crippen molar-refractivity contribution in [3.63, 3.8) is 0 Å². The number of aromatic nitrogens is 2. The zero-order valence-corrected chi connectivity index (χ0v) is 21.0. The molecule has 0 radical (unpaired) electrons. The number of carbonyl (C=O) groups is 1. The van der Waals surface area contributed by atoms with Crippen LogP contribution < -0.4 is 15.4 Å². The summed E-state index contributed by atoms with van der Waals surface area (Å²) in [6, 6.07) is 4.98. The minimum atomic E-state index is -4.35. The van der Waals surface area contributed by atoms with Crippen molar-refractivity contribution in [2.75, 3.05) is 11.9 Å². The Balaban J connectivity index is 1.42. The quantitative estimate of drug-likeness (QED) is 0.415. The van der Waals surface area contributed by atoms with Crippen molar-refractivity contribution >= 4 is 27.8 Å². The minimum absolute atomic E-state index is 0.122. The number of alkyl halides is 3. The van der Waals surface area contributed by atoms with Gasteiger partial charge in [0.05, 0.1) is 17.9 Å². The fraction of sp³-hybridized carbons (Fsp3) is 0.522. The second-order valence-corrected chi connectivity index (χ2v) is 11.0. The summed E-state index contributed by atoms with van der Waals surface area (Å²) in [5.74, 6) is 0.688. The molecule has 1 heterocycles. The molecule has 198 valence electrons. The molecule has 2 aromatic rings. The smallest absolute Gasteiger partial charge is 0.407 e. The van der Waals surface area contributed by atoms with Crippen molar-refractivity contribution in [3.05, 3.63) is 42.2 Å². The van der Waals surface area contributed by atoms with E-state index in [2.05, 4.69) is 25.3 Å². The maximum atomic E-state index is 12.3. The van der Waals surface area contributed by atoms with E-state index >= 15 is 0 Å². The molecule has 0 saturated heterocycles. The van der Waals surface area contributed by atoms with Gasteiger partial charge in [0.25, 0.3) is 0 Å². The first kappa shape index (κ1) is 27.7. The van der Waals surface area contributed by atoms with Gasteiger partial charge in [-0.25, -0.2) is 27.9 Å². The van der Waals surface area contributed by atoms with Crippen LogP contribution in [0.15, 0.2) is 41.6 Å². The van der Waals surface area contributed by atoms with Gasteiger partial charge in [-0.05, 0) is 75.3 Å². The van der Waals surface area contributed by atoms with Crippen molar-refractivity contribution in [1.82, 2.24) is 20.0 Å². The van der Waals surface area contributed by atoms with Crippen LogP contribution in [0.4, 0.5) is 29.6 Å². The third-order valence-corrected chi connectivity index (χ3v) is 7.22. The van der Waals surface area contributed by atoms with Crippen LogP contribution in [-0.4, -0.2) is 49.3 Å². The zero-order chi connectivity index (χ0) is 26.5. The molecule has 3 rings (SSSR count). The van der Waals surface area contributed by atoms with Crippen molar-refractivity contribution in [1.29, 1.82) is 0 Å². The van der Waals surface area contributed by atoms with Gasteiger partial charge in [0.2, 0.25) is 16.0 Å². The molecular weight excluding hydrogens is 499 g/mol. The molecule has 0 aliphatic heterocycles. The lowest BCUT2D eigenvalue weighted by atomic mass is 9.72. The molecule has 1 atom stereocenters. The topological polar surface area (TPSA) is 122 Å². The average molecular weight is 530 g/mol. The van der Waals surface area contributed by atoms with Crippen LogP contribution in [0.3, 0.4) is 0 Å². The van der Waals surface area contributed by atoms with Crippen LogP contribution in [0, 0.1) is 5.92 Å². The van der Waals surface area contributed by atoms with E-state index in [4.69, 9.17) is 4.74 Å². The number of anilines is 2. The highest BCUT2D eigenvalue weighted by Crippen LogP contribution is 2.41. The van der Waals surface area contributed by atoms with Gasteiger partial charge >= 0.3 is 12.3 Å². The highest BCUT2D eigenvalue weighted by molar-refractivity contribution is 7.89. The van der Waals surface area contributed by atoms with Crippen molar-refractivity contribution in [2.45, 2.75) is 69.1 Å². The number of sulfonamides is 1. The molecule has 9 nitrogen and oxygen atoms in total. The van der Waals surface area contributed by atoms with E-state index in [1.807, 2.05) is 0 Å². The predicted octanol–water partition coefficient (Wildman–Crippen LogP) is 4.47. The molecule has 1 aromatic carbocycles. The first-order chi connectivity index (χ1) is 16.8. The van der Waals surface area contributed by atoms with Crippen LogP contribution in [-0.2, 0) is 14.8 Å². The lowest BCUT2D eigenvalue weighted by molar-refractivity contribution is -0.138. The third kappa shape index (κ3) is 8.33. The maximum Gasteiger partial charge on any atom is 0.407 e. The number of amides is 1. The maximum absolute atomic E-state index is 12.3. The van der Waals surface area contributed by atoms with E-state index in [0.717, 1.165) is 18.4 Å². The van der Waals surface area contributed by atoms with Gasteiger partial charge in [-0.2, -0.15) is 13.2 Å². The Morgan fingerprint density at radius 3 is 2.28 bits per heavy atom. The number of hydrogen-bond acceptors (Lipinski definition) is 7. The van der Waals surface area contributed by atoms with Crippen molar-refractivity contribution in [3.8, 4) is 0 Å². The number of hydrogen-bond donors (Lipinski definition) is 3. The summed E-state index contributed by atoms with van der Waals surface area (Å²) in [6.07, 6.45) is -1.40. The Morgan fingerprint density at radius 1 is 1.11 bits per heavy atom. The summed E-state index contributed by atoms with van der Waals surface area (Å²) < 4.78 is 69.0. The molecule has 0 unspecified atom stereocenters. The molecule has 1 aliphatic rings. The molecule has 0 spiro atoms. The first-order valence-electron chi connectivity index (χ1n) is 11.5. The largest absolute Gasteiger partial charge is 0.449 e. The zero-order valence-electron chi connectivity index (χ0n) is 20.2. The number of benzene rings is 1. The summed E-state index contributed by atoms with van der Waals surface area (Å²) in [4.78, 5) is 20.5. The normalized spacial score (nSPS) is 18.9. The van der Waals surface area contributed by atoms with Gasteiger partial charge < -0.3 is 15.4 Å². The van der Waals surface area contributed by atoms with Crippen molar-refractivity contribution in [2.24, 2.45) is 5.92 Å². The SMILES string of the molecule is CC(C)NS(=O)(=O)c1ccc(Nc2ncc(C3CC(COC(=O)N[C@@H](C)CC(F)(F)F)C3)cn2)cc1. The molecule has 13 heteroatoms.